The van der Waals surface area contributed by atoms with Crippen molar-refractivity contribution in [3.8, 4) is 0 Å². The minimum atomic E-state index is -4.74. The van der Waals surface area contributed by atoms with Gasteiger partial charge >= 0.3 is 6.18 Å². The van der Waals surface area contributed by atoms with Gasteiger partial charge in [-0.1, -0.05) is 61.8 Å². The molecule has 3 aromatic rings. The van der Waals surface area contributed by atoms with E-state index in [0.29, 0.717) is 27.5 Å². The highest BCUT2D eigenvalue weighted by Gasteiger charge is 2.35. The third-order valence-corrected chi connectivity index (χ3v) is 8.23. The summed E-state index contributed by atoms with van der Waals surface area (Å²) >= 11 is 5.99. The van der Waals surface area contributed by atoms with Crippen LogP contribution in [-0.2, 0) is 32.3 Å². The Morgan fingerprint density at radius 1 is 0.927 bits per heavy atom. The van der Waals surface area contributed by atoms with Crippen molar-refractivity contribution in [2.24, 2.45) is 5.92 Å². The van der Waals surface area contributed by atoms with Gasteiger partial charge in [0.25, 0.3) is 10.0 Å². The van der Waals surface area contributed by atoms with Crippen LogP contribution in [0.4, 0.5) is 18.9 Å². The van der Waals surface area contributed by atoms with Crippen LogP contribution in [0, 0.1) is 5.92 Å². The molecule has 0 saturated carbocycles. The maximum Gasteiger partial charge on any atom is 0.416 e. The van der Waals surface area contributed by atoms with E-state index in [1.807, 2.05) is 13.8 Å². The molecule has 0 saturated heterocycles. The molecule has 0 aliphatic carbocycles. The van der Waals surface area contributed by atoms with Gasteiger partial charge < -0.3 is 10.2 Å². The summed E-state index contributed by atoms with van der Waals surface area (Å²) in [5.74, 6) is -1.11. The lowest BCUT2D eigenvalue weighted by molar-refractivity contribution is -0.139. The molecule has 2 amide bonds. The summed E-state index contributed by atoms with van der Waals surface area (Å²) in [6.07, 6.45) is -4.74. The maximum absolute atomic E-state index is 13.8. The summed E-state index contributed by atoms with van der Waals surface area (Å²) in [5.41, 5.74) is -0.807. The lowest BCUT2D eigenvalue weighted by Gasteiger charge is -2.32. The zero-order valence-electron chi connectivity index (χ0n) is 22.7. The molecule has 3 aromatic carbocycles. The van der Waals surface area contributed by atoms with Crippen LogP contribution in [-0.4, -0.2) is 44.3 Å². The fourth-order valence-corrected chi connectivity index (χ4v) is 5.46. The van der Waals surface area contributed by atoms with E-state index in [1.54, 1.807) is 30.3 Å². The number of hydrogen-bond donors (Lipinski definition) is 1. The van der Waals surface area contributed by atoms with E-state index in [4.69, 9.17) is 11.6 Å². The van der Waals surface area contributed by atoms with Crippen LogP contribution in [0.25, 0.3) is 0 Å². The van der Waals surface area contributed by atoms with E-state index < -0.39 is 46.2 Å². The van der Waals surface area contributed by atoms with Gasteiger partial charge in [-0.3, -0.25) is 13.9 Å². The van der Waals surface area contributed by atoms with Gasteiger partial charge in [0.05, 0.1) is 16.1 Å². The minimum absolute atomic E-state index is 0.0753. The molecule has 1 N–H and O–H groups in total. The normalized spacial score (nSPS) is 12.6. The molecule has 1 unspecified atom stereocenters. The highest BCUT2D eigenvalue weighted by molar-refractivity contribution is 7.92. The number of alkyl halides is 3. The Bertz CT molecular complexity index is 1450. The monoisotopic (exact) mass is 609 g/mol. The minimum Gasteiger partial charge on any atom is -0.354 e. The zero-order valence-corrected chi connectivity index (χ0v) is 24.3. The van der Waals surface area contributed by atoms with Gasteiger partial charge in [0.1, 0.15) is 12.6 Å². The van der Waals surface area contributed by atoms with E-state index in [-0.39, 0.29) is 23.0 Å². The predicted octanol–water partition coefficient (Wildman–Crippen LogP) is 5.74. The Labute approximate surface area is 243 Å². The zero-order chi connectivity index (χ0) is 30.4. The first-order valence-electron chi connectivity index (χ1n) is 12.8. The topological polar surface area (TPSA) is 86.8 Å². The Kier molecular flexibility index (Phi) is 10.4. The largest absolute Gasteiger partial charge is 0.416 e. The summed E-state index contributed by atoms with van der Waals surface area (Å²) in [7, 11) is -4.49. The average Bonchev–Trinajstić information content (AvgIpc) is 2.93. The third kappa shape index (κ3) is 8.46. The molecule has 0 fully saturated rings. The van der Waals surface area contributed by atoms with Crippen LogP contribution in [0.2, 0.25) is 5.02 Å². The molecule has 41 heavy (non-hydrogen) atoms. The Hall–Kier alpha value is -3.57. The molecular formula is C29H31ClF3N3O4S. The predicted molar refractivity (Wildman–Crippen MR) is 152 cm³/mol. The van der Waals surface area contributed by atoms with Crippen LogP contribution in [0.15, 0.2) is 83.8 Å². The van der Waals surface area contributed by atoms with E-state index in [9.17, 15) is 31.2 Å². The van der Waals surface area contributed by atoms with Gasteiger partial charge in [-0.2, -0.15) is 13.2 Å². The quantitative estimate of drug-likeness (QED) is 0.300. The molecule has 0 aromatic heterocycles. The number of carbonyl (C=O) groups excluding carboxylic acids is 2. The molecule has 3 rings (SSSR count). The number of anilines is 1. The number of carbonyl (C=O) groups is 2. The first-order chi connectivity index (χ1) is 19.2. The number of benzene rings is 3. The smallest absolute Gasteiger partial charge is 0.354 e. The maximum atomic E-state index is 13.8. The first kappa shape index (κ1) is 32.0. The highest BCUT2D eigenvalue weighted by atomic mass is 35.5. The second kappa shape index (κ2) is 13.4. The van der Waals surface area contributed by atoms with Crippen molar-refractivity contribution < 1.29 is 31.2 Å². The van der Waals surface area contributed by atoms with Gasteiger partial charge in [-0.05, 0) is 60.9 Å². The Balaban J connectivity index is 2.05. The molecule has 0 radical (unpaired) electrons. The summed E-state index contributed by atoms with van der Waals surface area (Å²) in [6, 6.07) is 16.3. The number of hydrogen-bond acceptors (Lipinski definition) is 4. The molecule has 0 bridgehead atoms. The molecule has 0 aliphatic heterocycles. The van der Waals surface area contributed by atoms with E-state index in [0.717, 1.165) is 12.1 Å². The Morgan fingerprint density at radius 2 is 1.56 bits per heavy atom. The Morgan fingerprint density at radius 3 is 2.15 bits per heavy atom. The van der Waals surface area contributed by atoms with E-state index in [2.05, 4.69) is 5.32 Å². The molecule has 0 spiro atoms. The van der Waals surface area contributed by atoms with Crippen LogP contribution in [0.5, 0.6) is 0 Å². The lowest BCUT2D eigenvalue weighted by atomic mass is 10.1. The van der Waals surface area contributed by atoms with Gasteiger partial charge in [0, 0.05) is 18.1 Å². The molecule has 0 aliphatic rings. The lowest BCUT2D eigenvalue weighted by Crippen LogP contribution is -2.51. The third-order valence-electron chi connectivity index (χ3n) is 6.19. The number of nitrogens with zero attached hydrogens (tertiary/aromatic N) is 2. The molecule has 7 nitrogen and oxygen atoms in total. The van der Waals surface area contributed by atoms with Gasteiger partial charge in [0.15, 0.2) is 0 Å². The highest BCUT2D eigenvalue weighted by Crippen LogP contribution is 2.33. The number of amides is 2. The van der Waals surface area contributed by atoms with Gasteiger partial charge in [-0.15, -0.1) is 0 Å². The SMILES string of the molecule is CC(C)CNC(=O)C(C)N(Cc1ccc(Cl)cc1)C(=O)CN(c1cccc(C(F)(F)F)c1)S(=O)(=O)c1ccccc1. The fourth-order valence-electron chi connectivity index (χ4n) is 3.91. The fraction of sp³-hybridized carbons (Fsp3) is 0.310. The summed E-state index contributed by atoms with van der Waals surface area (Å²) < 4.78 is 68.7. The van der Waals surface area contributed by atoms with E-state index in [1.165, 1.54) is 42.2 Å². The molecule has 0 heterocycles. The van der Waals surface area contributed by atoms with E-state index >= 15 is 0 Å². The van der Waals surface area contributed by atoms with Crippen LogP contribution in [0.1, 0.15) is 31.9 Å². The molecule has 12 heteroatoms. The van der Waals surface area contributed by atoms with Gasteiger partial charge in [0.2, 0.25) is 11.8 Å². The van der Waals surface area contributed by atoms with Crippen LogP contribution in [0.3, 0.4) is 0 Å². The van der Waals surface area contributed by atoms with Crippen LogP contribution >= 0.6 is 11.6 Å². The second-order valence-corrected chi connectivity index (χ2v) is 12.1. The number of rotatable bonds is 11. The van der Waals surface area contributed by atoms with Gasteiger partial charge in [-0.25, -0.2) is 8.42 Å². The van der Waals surface area contributed by atoms with Crippen molar-refractivity contribution in [1.82, 2.24) is 10.2 Å². The summed E-state index contributed by atoms with van der Waals surface area (Å²) in [6.45, 7) is 4.74. The molecule has 1 atom stereocenters. The standard InChI is InChI=1S/C29H31ClF3N3O4S/c1-20(2)17-34-28(38)21(3)35(18-22-12-14-24(30)15-13-22)27(37)19-36(41(39,40)26-10-5-4-6-11-26)25-9-7-8-23(16-25)29(31,32)33/h4-16,20-21H,17-19H2,1-3H3,(H,34,38). The van der Waals surface area contributed by atoms with Crippen molar-refractivity contribution in [3.05, 3.63) is 95.0 Å². The van der Waals surface area contributed by atoms with Crippen molar-refractivity contribution in [2.75, 3.05) is 17.4 Å². The van der Waals surface area contributed by atoms with Crippen molar-refractivity contribution in [1.29, 1.82) is 0 Å². The molecular weight excluding hydrogens is 579 g/mol. The first-order valence-corrected chi connectivity index (χ1v) is 14.6. The number of nitrogens with one attached hydrogen (secondary N) is 1. The number of sulfonamides is 1. The van der Waals surface area contributed by atoms with Crippen LogP contribution < -0.4 is 9.62 Å². The average molecular weight is 610 g/mol. The summed E-state index contributed by atoms with van der Waals surface area (Å²) in [4.78, 5) is 27.8. The van der Waals surface area contributed by atoms with Crippen molar-refractivity contribution in [2.45, 2.75) is 44.4 Å². The molecule has 220 valence electrons. The summed E-state index contributed by atoms with van der Waals surface area (Å²) in [5, 5.41) is 3.22. The van der Waals surface area contributed by atoms with Crippen molar-refractivity contribution >= 4 is 39.1 Å². The number of halogens is 4. The second-order valence-electron chi connectivity index (χ2n) is 9.84. The van der Waals surface area contributed by atoms with Crippen molar-refractivity contribution in [3.63, 3.8) is 0 Å².